The van der Waals surface area contributed by atoms with Gasteiger partial charge in [0.2, 0.25) is 0 Å². The Bertz CT molecular complexity index is 928. The minimum absolute atomic E-state index is 0.0268. The van der Waals surface area contributed by atoms with Crippen LogP contribution in [0.1, 0.15) is 31.6 Å². The molecule has 2 aliphatic rings. The van der Waals surface area contributed by atoms with Crippen LogP contribution in [-0.2, 0) is 6.42 Å². The van der Waals surface area contributed by atoms with Crippen molar-refractivity contribution in [2.75, 3.05) is 0 Å². The molecule has 24 heavy (non-hydrogen) atoms. The minimum atomic E-state index is -0.170. The van der Waals surface area contributed by atoms with Crippen molar-refractivity contribution in [1.82, 2.24) is 0 Å². The van der Waals surface area contributed by atoms with Gasteiger partial charge in [-0.25, -0.2) is 0 Å². The lowest BCUT2D eigenvalue weighted by molar-refractivity contribution is 0.317. The first-order chi connectivity index (χ1) is 11.6. The quantitative estimate of drug-likeness (QED) is 0.739. The van der Waals surface area contributed by atoms with Crippen molar-refractivity contribution in [1.29, 1.82) is 0 Å². The Hall–Kier alpha value is -2.75. The van der Waals surface area contributed by atoms with E-state index in [9.17, 15) is 15.0 Å². The molecule has 0 aliphatic heterocycles. The molecule has 4 rings (SSSR count). The highest BCUT2D eigenvalue weighted by atomic mass is 16.3. The van der Waals surface area contributed by atoms with Crippen molar-refractivity contribution < 1.29 is 14.6 Å². The Morgan fingerprint density at radius 1 is 1.08 bits per heavy atom. The van der Waals surface area contributed by atoms with E-state index in [-0.39, 0.29) is 22.9 Å². The third-order valence-corrected chi connectivity index (χ3v) is 4.26. The molecule has 0 radical (unpaired) electrons. The smallest absolute Gasteiger partial charge is 0.200 e. The van der Waals surface area contributed by atoms with Crippen molar-refractivity contribution in [2.45, 2.75) is 26.7 Å². The zero-order chi connectivity index (χ0) is 17.3. The lowest BCUT2D eigenvalue weighted by atomic mass is 9.90. The topological polar surface area (TPSA) is 70.7 Å². The third kappa shape index (κ3) is 2.64. The van der Waals surface area contributed by atoms with E-state index in [2.05, 4.69) is 0 Å². The van der Waals surface area contributed by atoms with Crippen LogP contribution < -0.4 is 5.43 Å². The molecule has 0 bridgehead atoms. The lowest BCUT2D eigenvalue weighted by Gasteiger charge is -2.17. The standard InChI is InChI=1S/C18H14O4.C2H6/c19-14-8-10-5-6-17-13(7-11(10)9-15(14)20)18(21)12-3-1-2-4-16(12)22-17;1-2/h1-4,7-10,19-20H,5-6H2;1-2H3. The predicted molar refractivity (Wildman–Crippen MR) is 95.0 cm³/mol. The molecule has 0 spiro atoms. The van der Waals surface area contributed by atoms with Crippen molar-refractivity contribution in [3.05, 3.63) is 75.1 Å². The number of para-hydroxylation sites is 1. The minimum Gasteiger partial charge on any atom is -0.504 e. The van der Waals surface area contributed by atoms with Crippen molar-refractivity contribution in [2.24, 2.45) is 5.92 Å². The van der Waals surface area contributed by atoms with E-state index >= 15 is 0 Å². The number of aliphatic hydroxyl groups is 2. The van der Waals surface area contributed by atoms with Gasteiger partial charge >= 0.3 is 0 Å². The monoisotopic (exact) mass is 324 g/mol. The molecule has 1 heterocycles. The van der Waals surface area contributed by atoms with Crippen LogP contribution in [0, 0.1) is 5.92 Å². The number of benzene rings is 1. The summed E-state index contributed by atoms with van der Waals surface area (Å²) in [6.45, 7) is 4.00. The maximum atomic E-state index is 12.7. The second kappa shape index (κ2) is 6.40. The molecule has 4 heteroatoms. The molecule has 1 aromatic carbocycles. The van der Waals surface area contributed by atoms with Gasteiger partial charge in [0.15, 0.2) is 16.9 Å². The highest BCUT2D eigenvalue weighted by Gasteiger charge is 2.25. The van der Waals surface area contributed by atoms with E-state index in [4.69, 9.17) is 4.42 Å². The molecule has 0 amide bonds. The Labute approximate surface area is 140 Å². The maximum absolute atomic E-state index is 12.7. The van der Waals surface area contributed by atoms with Crippen molar-refractivity contribution in [3.8, 4) is 0 Å². The molecule has 2 N–H and O–H groups in total. The van der Waals surface area contributed by atoms with Crippen LogP contribution in [0.5, 0.6) is 0 Å². The van der Waals surface area contributed by atoms with Gasteiger partial charge in [-0.15, -0.1) is 0 Å². The summed E-state index contributed by atoms with van der Waals surface area (Å²) in [4.78, 5) is 12.7. The number of hydrogen-bond acceptors (Lipinski definition) is 4. The molecule has 4 nitrogen and oxygen atoms in total. The van der Waals surface area contributed by atoms with Gasteiger partial charge in [-0.1, -0.05) is 26.0 Å². The van der Waals surface area contributed by atoms with E-state index < -0.39 is 0 Å². The largest absolute Gasteiger partial charge is 0.504 e. The number of allylic oxidation sites excluding steroid dienone is 3. The Kier molecular flexibility index (Phi) is 4.30. The number of rotatable bonds is 0. The van der Waals surface area contributed by atoms with Crippen molar-refractivity contribution >= 4 is 17.0 Å². The highest BCUT2D eigenvalue weighted by molar-refractivity contribution is 5.80. The molecule has 1 unspecified atom stereocenters. The predicted octanol–water partition coefficient (Wildman–Crippen LogP) is 4.66. The van der Waals surface area contributed by atoms with Gasteiger partial charge < -0.3 is 14.6 Å². The van der Waals surface area contributed by atoms with Gasteiger partial charge in [-0.2, -0.15) is 0 Å². The fraction of sp³-hybridized carbons (Fsp3) is 0.250. The van der Waals surface area contributed by atoms with Crippen LogP contribution in [-0.4, -0.2) is 10.2 Å². The summed E-state index contributed by atoms with van der Waals surface area (Å²) in [5, 5.41) is 19.9. The molecule has 0 saturated heterocycles. The van der Waals surface area contributed by atoms with Gasteiger partial charge in [0.05, 0.1) is 10.9 Å². The van der Waals surface area contributed by atoms with Gasteiger partial charge in [-0.05, 0) is 42.4 Å². The SMILES string of the molecule is CC.O=c1c2c(oc3ccccc13)CCC1C=C(O)C(O)=CC1=C2. The summed E-state index contributed by atoms with van der Waals surface area (Å²) in [7, 11) is 0. The van der Waals surface area contributed by atoms with Crippen LogP contribution in [0.3, 0.4) is 0 Å². The molecule has 0 saturated carbocycles. The Balaban J connectivity index is 0.000000815. The fourth-order valence-corrected chi connectivity index (χ4v) is 3.10. The summed E-state index contributed by atoms with van der Waals surface area (Å²) >= 11 is 0. The summed E-state index contributed by atoms with van der Waals surface area (Å²) in [5.41, 5.74) is 1.88. The summed E-state index contributed by atoms with van der Waals surface area (Å²) in [6, 6.07) is 7.20. The normalized spacial score (nSPS) is 18.9. The summed E-state index contributed by atoms with van der Waals surface area (Å²) in [6.07, 6.45) is 6.23. The second-order valence-electron chi connectivity index (χ2n) is 5.64. The maximum Gasteiger partial charge on any atom is 0.200 e. The molecule has 2 aromatic rings. The zero-order valence-corrected chi connectivity index (χ0v) is 13.7. The van der Waals surface area contributed by atoms with E-state index in [1.54, 1.807) is 24.3 Å². The molecular formula is C20H20O4. The molecule has 2 aliphatic carbocycles. The third-order valence-electron chi connectivity index (χ3n) is 4.26. The highest BCUT2D eigenvalue weighted by Crippen LogP contribution is 2.34. The lowest BCUT2D eigenvalue weighted by Crippen LogP contribution is -2.08. The molecule has 1 aromatic heterocycles. The molecule has 0 fully saturated rings. The average molecular weight is 324 g/mol. The van der Waals surface area contributed by atoms with Crippen molar-refractivity contribution in [3.63, 3.8) is 0 Å². The molecule has 1 atom stereocenters. The number of aliphatic hydroxyl groups excluding tert-OH is 2. The number of hydrogen-bond donors (Lipinski definition) is 2. The number of aryl methyl sites for hydroxylation is 1. The first-order valence-electron chi connectivity index (χ1n) is 8.21. The van der Waals surface area contributed by atoms with E-state index in [1.165, 1.54) is 6.08 Å². The molecular weight excluding hydrogens is 304 g/mol. The van der Waals surface area contributed by atoms with Gasteiger partial charge in [0.1, 0.15) is 11.3 Å². The van der Waals surface area contributed by atoms with E-state index in [1.807, 2.05) is 26.0 Å². The molecule has 124 valence electrons. The van der Waals surface area contributed by atoms with Crippen LogP contribution in [0.25, 0.3) is 17.0 Å². The van der Waals surface area contributed by atoms with E-state index in [0.717, 1.165) is 5.57 Å². The zero-order valence-electron chi connectivity index (χ0n) is 13.7. The van der Waals surface area contributed by atoms with Crippen LogP contribution in [0.2, 0.25) is 0 Å². The first kappa shape index (κ1) is 16.1. The van der Waals surface area contributed by atoms with Crippen LogP contribution in [0.4, 0.5) is 0 Å². The Morgan fingerprint density at radius 3 is 2.62 bits per heavy atom. The fourth-order valence-electron chi connectivity index (χ4n) is 3.10. The van der Waals surface area contributed by atoms with Crippen LogP contribution >= 0.6 is 0 Å². The van der Waals surface area contributed by atoms with Gasteiger partial charge in [0, 0.05) is 12.3 Å². The summed E-state index contributed by atoms with van der Waals surface area (Å²) < 4.78 is 5.89. The first-order valence-corrected chi connectivity index (χ1v) is 8.21. The second-order valence-corrected chi connectivity index (χ2v) is 5.64. The van der Waals surface area contributed by atoms with Crippen LogP contribution in [0.15, 0.2) is 62.7 Å². The Morgan fingerprint density at radius 2 is 1.83 bits per heavy atom. The number of fused-ring (bicyclic) bond motifs is 3. The average Bonchev–Trinajstić information content (AvgIpc) is 2.77. The van der Waals surface area contributed by atoms with Gasteiger partial charge in [0.25, 0.3) is 0 Å². The van der Waals surface area contributed by atoms with E-state index in [0.29, 0.717) is 35.1 Å². The van der Waals surface area contributed by atoms with Gasteiger partial charge in [-0.3, -0.25) is 4.79 Å². The summed E-state index contributed by atoms with van der Waals surface area (Å²) in [5.74, 6) is 0.348.